The third-order valence-corrected chi connectivity index (χ3v) is 2.73. The summed E-state index contributed by atoms with van der Waals surface area (Å²) in [5.74, 6) is 0.928. The Morgan fingerprint density at radius 3 is 2.93 bits per heavy atom. The van der Waals surface area contributed by atoms with E-state index in [4.69, 9.17) is 4.74 Å². The second-order valence-electron chi connectivity index (χ2n) is 4.23. The molecule has 1 saturated carbocycles. The quantitative estimate of drug-likeness (QED) is 0.515. The molecule has 0 N–H and O–H groups in total. The van der Waals surface area contributed by atoms with Gasteiger partial charge in [-0.25, -0.2) is 0 Å². The van der Waals surface area contributed by atoms with Gasteiger partial charge in [-0.15, -0.1) is 0 Å². The van der Waals surface area contributed by atoms with Crippen LogP contribution >= 0.6 is 0 Å². The molecule has 1 unspecified atom stereocenters. The highest BCUT2D eigenvalue weighted by molar-refractivity contribution is 5.17. The molecule has 0 heterocycles. The van der Waals surface area contributed by atoms with Crippen molar-refractivity contribution >= 4 is 0 Å². The Morgan fingerprint density at radius 2 is 2.27 bits per heavy atom. The van der Waals surface area contributed by atoms with E-state index >= 15 is 0 Å². The smallest absolute Gasteiger partial charge is 0.265 e. The zero-order valence-electron chi connectivity index (χ0n) is 8.59. The third-order valence-electron chi connectivity index (χ3n) is 2.73. The minimum atomic E-state index is -0.344. The average molecular weight is 209 g/mol. The Hall–Kier alpha value is -1.16. The highest BCUT2D eigenvalue weighted by atomic mass is 16.6. The van der Waals surface area contributed by atoms with Crippen LogP contribution in [0, 0.1) is 22.0 Å². The first-order valence-corrected chi connectivity index (χ1v) is 5.36. The number of nitro groups is 1. The van der Waals surface area contributed by atoms with E-state index in [0.717, 1.165) is 18.9 Å². The summed E-state index contributed by atoms with van der Waals surface area (Å²) in [7, 11) is 0. The third kappa shape index (κ3) is 3.16. The SMILES string of the molecule is O=[N+]([O-])C1=CC(COCC2CC2)CC=C1. The minimum Gasteiger partial charge on any atom is -0.381 e. The molecule has 15 heavy (non-hydrogen) atoms. The van der Waals surface area contributed by atoms with Crippen molar-refractivity contribution in [3.63, 3.8) is 0 Å². The van der Waals surface area contributed by atoms with Gasteiger partial charge in [-0.05, 0) is 31.3 Å². The van der Waals surface area contributed by atoms with Crippen LogP contribution in [0.2, 0.25) is 0 Å². The van der Waals surface area contributed by atoms with Crippen LogP contribution in [0.1, 0.15) is 19.3 Å². The van der Waals surface area contributed by atoms with Gasteiger partial charge in [0.2, 0.25) is 0 Å². The molecule has 0 aromatic carbocycles. The molecule has 0 radical (unpaired) electrons. The topological polar surface area (TPSA) is 52.4 Å². The Labute approximate surface area is 88.8 Å². The summed E-state index contributed by atoms with van der Waals surface area (Å²) < 4.78 is 5.52. The molecule has 2 aliphatic rings. The fraction of sp³-hybridized carbons (Fsp3) is 0.636. The summed E-state index contributed by atoms with van der Waals surface area (Å²) in [6.07, 6.45) is 8.52. The van der Waals surface area contributed by atoms with Crippen molar-refractivity contribution in [2.45, 2.75) is 19.3 Å². The van der Waals surface area contributed by atoms with Gasteiger partial charge in [0, 0.05) is 18.6 Å². The van der Waals surface area contributed by atoms with E-state index in [2.05, 4.69) is 0 Å². The molecule has 82 valence electrons. The minimum absolute atomic E-state index is 0.175. The first-order valence-electron chi connectivity index (χ1n) is 5.36. The highest BCUT2D eigenvalue weighted by Gasteiger charge is 2.22. The maximum Gasteiger partial charge on any atom is 0.265 e. The van der Waals surface area contributed by atoms with Crippen LogP contribution in [0.4, 0.5) is 0 Å². The molecule has 0 bridgehead atoms. The van der Waals surface area contributed by atoms with Crippen molar-refractivity contribution < 1.29 is 9.66 Å². The van der Waals surface area contributed by atoms with E-state index in [1.54, 1.807) is 12.2 Å². The van der Waals surface area contributed by atoms with Crippen LogP contribution in [-0.2, 0) is 4.74 Å². The Morgan fingerprint density at radius 1 is 1.47 bits per heavy atom. The molecule has 0 spiro atoms. The first kappa shape index (κ1) is 10.4. The van der Waals surface area contributed by atoms with Crippen molar-refractivity contribution in [3.05, 3.63) is 34.0 Å². The molecule has 0 saturated heterocycles. The van der Waals surface area contributed by atoms with Crippen molar-refractivity contribution in [1.82, 2.24) is 0 Å². The molecule has 0 aromatic rings. The molecule has 1 fully saturated rings. The van der Waals surface area contributed by atoms with E-state index in [1.165, 1.54) is 12.8 Å². The lowest BCUT2D eigenvalue weighted by atomic mass is 10.0. The molecule has 1 atom stereocenters. The van der Waals surface area contributed by atoms with Crippen molar-refractivity contribution in [3.8, 4) is 0 Å². The van der Waals surface area contributed by atoms with E-state index in [9.17, 15) is 10.1 Å². The largest absolute Gasteiger partial charge is 0.381 e. The standard InChI is InChI=1S/C11H15NO3/c13-12(14)11-3-1-2-10(6-11)8-15-7-9-4-5-9/h1,3,6,9-10H,2,4-5,7-8H2. The predicted molar refractivity (Wildman–Crippen MR) is 55.9 cm³/mol. The van der Waals surface area contributed by atoms with E-state index in [0.29, 0.717) is 6.61 Å². The average Bonchev–Trinajstić information content (AvgIpc) is 3.02. The van der Waals surface area contributed by atoms with Gasteiger partial charge in [-0.2, -0.15) is 0 Å². The van der Waals surface area contributed by atoms with Crippen molar-refractivity contribution in [2.75, 3.05) is 13.2 Å². The first-order chi connectivity index (χ1) is 7.25. The molecule has 0 aliphatic heterocycles. The Bertz CT molecular complexity index is 305. The van der Waals surface area contributed by atoms with Gasteiger partial charge in [0.1, 0.15) is 0 Å². The zero-order chi connectivity index (χ0) is 10.7. The Kier molecular flexibility index (Phi) is 3.16. The van der Waals surface area contributed by atoms with Gasteiger partial charge in [0.05, 0.1) is 11.5 Å². The number of allylic oxidation sites excluding steroid dienone is 2. The van der Waals surface area contributed by atoms with Crippen LogP contribution in [0.25, 0.3) is 0 Å². The van der Waals surface area contributed by atoms with E-state index in [-0.39, 0.29) is 16.5 Å². The Balaban J connectivity index is 1.76. The van der Waals surface area contributed by atoms with Gasteiger partial charge < -0.3 is 4.74 Å². The molecule has 0 aromatic heterocycles. The van der Waals surface area contributed by atoms with Crippen LogP contribution in [0.3, 0.4) is 0 Å². The van der Waals surface area contributed by atoms with E-state index < -0.39 is 0 Å². The maximum atomic E-state index is 10.5. The molecule has 4 nitrogen and oxygen atoms in total. The zero-order valence-corrected chi connectivity index (χ0v) is 8.59. The maximum absolute atomic E-state index is 10.5. The number of hydrogen-bond acceptors (Lipinski definition) is 3. The number of hydrogen-bond donors (Lipinski definition) is 0. The van der Waals surface area contributed by atoms with Crippen molar-refractivity contribution in [2.24, 2.45) is 11.8 Å². The van der Waals surface area contributed by atoms with Gasteiger partial charge in [-0.3, -0.25) is 10.1 Å². The van der Waals surface area contributed by atoms with Gasteiger partial charge in [0.25, 0.3) is 5.70 Å². The predicted octanol–water partition coefficient (Wildman–Crippen LogP) is 2.15. The fourth-order valence-corrected chi connectivity index (χ4v) is 1.64. The van der Waals surface area contributed by atoms with Crippen LogP contribution in [-0.4, -0.2) is 18.1 Å². The normalized spacial score (nSPS) is 25.1. The summed E-state index contributed by atoms with van der Waals surface area (Å²) in [5.41, 5.74) is 0.196. The molecule has 2 aliphatic carbocycles. The molecule has 2 rings (SSSR count). The number of rotatable bonds is 5. The molecule has 4 heteroatoms. The second-order valence-corrected chi connectivity index (χ2v) is 4.23. The summed E-state index contributed by atoms with van der Waals surface area (Å²) in [5, 5.41) is 10.5. The van der Waals surface area contributed by atoms with Crippen LogP contribution in [0.15, 0.2) is 23.9 Å². The van der Waals surface area contributed by atoms with Gasteiger partial charge >= 0.3 is 0 Å². The van der Waals surface area contributed by atoms with Gasteiger partial charge in [0.15, 0.2) is 0 Å². The molecular formula is C11H15NO3. The second kappa shape index (κ2) is 4.57. The summed E-state index contributed by atoms with van der Waals surface area (Å²) in [6, 6.07) is 0. The number of nitrogens with zero attached hydrogens (tertiary/aromatic N) is 1. The lowest BCUT2D eigenvalue weighted by Gasteiger charge is -2.13. The number of ether oxygens (including phenoxy) is 1. The fourth-order valence-electron chi connectivity index (χ4n) is 1.64. The molecular weight excluding hydrogens is 194 g/mol. The van der Waals surface area contributed by atoms with E-state index in [1.807, 2.05) is 6.08 Å². The summed E-state index contributed by atoms with van der Waals surface area (Å²) in [6.45, 7) is 1.43. The summed E-state index contributed by atoms with van der Waals surface area (Å²) >= 11 is 0. The van der Waals surface area contributed by atoms with Crippen molar-refractivity contribution in [1.29, 1.82) is 0 Å². The lowest BCUT2D eigenvalue weighted by Crippen LogP contribution is -2.12. The lowest BCUT2D eigenvalue weighted by molar-refractivity contribution is -0.419. The monoisotopic (exact) mass is 209 g/mol. The molecule has 0 amide bonds. The van der Waals surface area contributed by atoms with Crippen LogP contribution in [0.5, 0.6) is 0 Å². The summed E-state index contributed by atoms with van der Waals surface area (Å²) in [4.78, 5) is 10.2. The highest BCUT2D eigenvalue weighted by Crippen LogP contribution is 2.29. The van der Waals surface area contributed by atoms with Gasteiger partial charge in [-0.1, -0.05) is 6.08 Å². The van der Waals surface area contributed by atoms with Crippen LogP contribution < -0.4 is 0 Å².